The Bertz CT molecular complexity index is 466. The van der Waals surface area contributed by atoms with Gasteiger partial charge in [-0.25, -0.2) is 0 Å². The van der Waals surface area contributed by atoms with Gasteiger partial charge in [0.25, 0.3) is 5.97 Å². The molecule has 2 nitrogen and oxygen atoms in total. The molecule has 2 aromatic rings. The van der Waals surface area contributed by atoms with E-state index in [0.717, 1.165) is 13.3 Å². The summed E-state index contributed by atoms with van der Waals surface area (Å²) in [4.78, 5) is 9.00. The molecule has 16 heavy (non-hydrogen) atoms. The molecule has 0 bridgehead atoms. The monoisotopic (exact) mass is 216 g/mol. The predicted octanol–water partition coefficient (Wildman–Crippen LogP) is 3.49. The Morgan fingerprint density at radius 3 is 2.31 bits per heavy atom. The third-order valence-electron chi connectivity index (χ3n) is 2.26. The van der Waals surface area contributed by atoms with E-state index in [2.05, 4.69) is 49.4 Å². The van der Waals surface area contributed by atoms with Gasteiger partial charge in [-0.05, 0) is 22.8 Å². The van der Waals surface area contributed by atoms with Crippen molar-refractivity contribution in [2.75, 3.05) is 0 Å². The zero-order valence-corrected chi connectivity index (χ0v) is 9.60. The lowest BCUT2D eigenvalue weighted by Crippen LogP contribution is -1.81. The van der Waals surface area contributed by atoms with E-state index in [4.69, 9.17) is 9.90 Å². The number of fused-ring (bicyclic) bond motifs is 1. The molecule has 0 saturated heterocycles. The molecule has 0 saturated carbocycles. The van der Waals surface area contributed by atoms with Crippen LogP contribution in [0.5, 0.6) is 0 Å². The molecule has 0 unspecified atom stereocenters. The average Bonchev–Trinajstić information content (AvgIpc) is 2.27. The quantitative estimate of drug-likeness (QED) is 0.792. The lowest BCUT2D eigenvalue weighted by Gasteiger charge is -2.02. The Morgan fingerprint density at radius 1 is 1.12 bits per heavy atom. The molecule has 0 heterocycles. The highest BCUT2D eigenvalue weighted by Crippen LogP contribution is 2.18. The van der Waals surface area contributed by atoms with Crippen molar-refractivity contribution in [2.24, 2.45) is 0 Å². The van der Waals surface area contributed by atoms with Crippen molar-refractivity contribution in [1.82, 2.24) is 0 Å². The standard InChI is InChI=1S/C12H12.C2H4O2/c1-2-10-7-5-8-11-6-3-4-9-12(10)11;1-2(3)4/h3-9H,2H2,1H3;1H3,(H,3,4). The van der Waals surface area contributed by atoms with Gasteiger partial charge in [0.1, 0.15) is 0 Å². The van der Waals surface area contributed by atoms with Crippen LogP contribution in [-0.2, 0) is 11.2 Å². The molecule has 0 aliphatic carbocycles. The maximum atomic E-state index is 9.00. The van der Waals surface area contributed by atoms with E-state index in [1.165, 1.54) is 16.3 Å². The summed E-state index contributed by atoms with van der Waals surface area (Å²) in [7, 11) is 0. The average molecular weight is 216 g/mol. The summed E-state index contributed by atoms with van der Waals surface area (Å²) in [5.41, 5.74) is 1.44. The zero-order chi connectivity index (χ0) is 12.0. The molecule has 0 atom stereocenters. The van der Waals surface area contributed by atoms with Crippen LogP contribution < -0.4 is 0 Å². The molecule has 0 fully saturated rings. The normalized spacial score (nSPS) is 9.38. The third kappa shape index (κ3) is 3.39. The molecule has 0 radical (unpaired) electrons. The van der Waals surface area contributed by atoms with Gasteiger partial charge in [-0.15, -0.1) is 0 Å². The summed E-state index contributed by atoms with van der Waals surface area (Å²) < 4.78 is 0. The molecule has 0 aromatic heterocycles. The number of benzene rings is 2. The Hall–Kier alpha value is -1.83. The molecule has 84 valence electrons. The van der Waals surface area contributed by atoms with E-state index in [9.17, 15) is 0 Å². The van der Waals surface area contributed by atoms with Gasteiger partial charge >= 0.3 is 0 Å². The van der Waals surface area contributed by atoms with E-state index in [-0.39, 0.29) is 0 Å². The highest BCUT2D eigenvalue weighted by molar-refractivity contribution is 5.85. The lowest BCUT2D eigenvalue weighted by atomic mass is 10.0. The number of hydrogen-bond acceptors (Lipinski definition) is 1. The van der Waals surface area contributed by atoms with Crippen LogP contribution in [0.1, 0.15) is 19.4 Å². The lowest BCUT2D eigenvalue weighted by molar-refractivity contribution is -0.134. The molecule has 0 amide bonds. The van der Waals surface area contributed by atoms with Crippen molar-refractivity contribution in [3.63, 3.8) is 0 Å². The fourth-order valence-corrected chi connectivity index (χ4v) is 1.60. The van der Waals surface area contributed by atoms with Gasteiger partial charge in [0.15, 0.2) is 0 Å². The van der Waals surface area contributed by atoms with Gasteiger partial charge in [-0.1, -0.05) is 49.4 Å². The van der Waals surface area contributed by atoms with Crippen molar-refractivity contribution in [3.05, 3.63) is 48.0 Å². The number of aliphatic carboxylic acids is 1. The first-order valence-corrected chi connectivity index (χ1v) is 5.31. The van der Waals surface area contributed by atoms with Crippen LogP contribution >= 0.6 is 0 Å². The Morgan fingerprint density at radius 2 is 1.69 bits per heavy atom. The molecule has 2 aromatic carbocycles. The minimum absolute atomic E-state index is 0.833. The molecule has 0 aliphatic heterocycles. The number of aryl methyl sites for hydroxylation is 1. The number of carboxylic acid groups (broad SMARTS) is 1. The third-order valence-corrected chi connectivity index (χ3v) is 2.26. The molecule has 0 aliphatic rings. The summed E-state index contributed by atoms with van der Waals surface area (Å²) in [5, 5.41) is 10.2. The van der Waals surface area contributed by atoms with Crippen LogP contribution in [0.15, 0.2) is 42.5 Å². The Labute approximate surface area is 95.5 Å². The Balaban J connectivity index is 0.000000280. The summed E-state index contributed by atoms with van der Waals surface area (Å²) in [6, 6.07) is 15.0. The number of hydrogen-bond donors (Lipinski definition) is 1. The van der Waals surface area contributed by atoms with Gasteiger partial charge in [0.2, 0.25) is 0 Å². The zero-order valence-electron chi connectivity index (χ0n) is 9.60. The van der Waals surface area contributed by atoms with Crippen LogP contribution in [0, 0.1) is 0 Å². The van der Waals surface area contributed by atoms with Gasteiger partial charge < -0.3 is 5.11 Å². The summed E-state index contributed by atoms with van der Waals surface area (Å²) in [6.07, 6.45) is 1.11. The Kier molecular flexibility index (Phi) is 4.52. The molecule has 1 N–H and O–H groups in total. The van der Waals surface area contributed by atoms with Crippen LogP contribution in [0.3, 0.4) is 0 Å². The van der Waals surface area contributed by atoms with Crippen molar-refractivity contribution in [2.45, 2.75) is 20.3 Å². The molecular weight excluding hydrogens is 200 g/mol. The molecule has 0 spiro atoms. The van der Waals surface area contributed by atoms with E-state index in [0.29, 0.717) is 0 Å². The maximum absolute atomic E-state index is 9.00. The SMILES string of the molecule is CC(=O)O.CCc1cccc2ccccc12. The van der Waals surface area contributed by atoms with Crippen molar-refractivity contribution >= 4 is 16.7 Å². The second kappa shape index (κ2) is 5.91. The largest absolute Gasteiger partial charge is 0.481 e. The summed E-state index contributed by atoms with van der Waals surface area (Å²) in [5.74, 6) is -0.833. The predicted molar refractivity (Wildman–Crippen MR) is 66.6 cm³/mol. The second-order valence-electron chi connectivity index (χ2n) is 3.51. The minimum atomic E-state index is -0.833. The van der Waals surface area contributed by atoms with E-state index < -0.39 is 5.97 Å². The highest BCUT2D eigenvalue weighted by Gasteiger charge is 1.95. The summed E-state index contributed by atoms with van der Waals surface area (Å²) in [6.45, 7) is 3.28. The first-order valence-electron chi connectivity index (χ1n) is 5.31. The van der Waals surface area contributed by atoms with Crippen LogP contribution in [0.4, 0.5) is 0 Å². The first-order chi connectivity index (χ1) is 7.65. The van der Waals surface area contributed by atoms with Crippen molar-refractivity contribution in [3.8, 4) is 0 Å². The molecule has 2 heteroatoms. The van der Waals surface area contributed by atoms with E-state index in [1.54, 1.807) is 0 Å². The van der Waals surface area contributed by atoms with Crippen LogP contribution in [0.25, 0.3) is 10.8 Å². The molecular formula is C14H16O2. The van der Waals surface area contributed by atoms with Crippen molar-refractivity contribution < 1.29 is 9.90 Å². The second-order valence-corrected chi connectivity index (χ2v) is 3.51. The fraction of sp³-hybridized carbons (Fsp3) is 0.214. The van der Waals surface area contributed by atoms with Gasteiger partial charge in [-0.2, -0.15) is 0 Å². The van der Waals surface area contributed by atoms with Crippen LogP contribution in [-0.4, -0.2) is 11.1 Å². The number of rotatable bonds is 1. The van der Waals surface area contributed by atoms with E-state index >= 15 is 0 Å². The number of carbonyl (C=O) groups is 1. The topological polar surface area (TPSA) is 37.3 Å². The van der Waals surface area contributed by atoms with Gasteiger partial charge in [0, 0.05) is 6.92 Å². The van der Waals surface area contributed by atoms with Crippen molar-refractivity contribution in [1.29, 1.82) is 0 Å². The fourth-order valence-electron chi connectivity index (χ4n) is 1.60. The first kappa shape index (κ1) is 12.2. The smallest absolute Gasteiger partial charge is 0.300 e. The van der Waals surface area contributed by atoms with Gasteiger partial charge in [-0.3, -0.25) is 4.79 Å². The highest BCUT2D eigenvalue weighted by atomic mass is 16.4. The van der Waals surface area contributed by atoms with Gasteiger partial charge in [0.05, 0.1) is 0 Å². The van der Waals surface area contributed by atoms with E-state index in [1.807, 2.05) is 0 Å². The maximum Gasteiger partial charge on any atom is 0.300 e. The summed E-state index contributed by atoms with van der Waals surface area (Å²) >= 11 is 0. The van der Waals surface area contributed by atoms with Crippen LogP contribution in [0.2, 0.25) is 0 Å². The minimum Gasteiger partial charge on any atom is -0.481 e. The molecule has 2 rings (SSSR count). The number of carboxylic acids is 1.